The van der Waals surface area contributed by atoms with E-state index in [0.29, 0.717) is 22.3 Å². The maximum Gasteiger partial charge on any atom is 0.266 e. The van der Waals surface area contributed by atoms with E-state index in [-0.39, 0.29) is 17.4 Å². The molecule has 0 radical (unpaired) electrons. The zero-order chi connectivity index (χ0) is 17.1. The third kappa shape index (κ3) is 3.44. The van der Waals surface area contributed by atoms with E-state index in [1.807, 2.05) is 6.92 Å². The fourth-order valence-corrected chi connectivity index (χ4v) is 3.33. The number of aliphatic imine (C=N–C) groups is 1. The van der Waals surface area contributed by atoms with Crippen LogP contribution in [0.1, 0.15) is 12.5 Å². The Kier molecular flexibility index (Phi) is 4.57. The molecule has 0 spiro atoms. The summed E-state index contributed by atoms with van der Waals surface area (Å²) in [4.78, 5) is 19.2. The Morgan fingerprint density at radius 3 is 2.54 bits per heavy atom. The lowest BCUT2D eigenvalue weighted by Gasteiger charge is -2.11. The summed E-state index contributed by atoms with van der Waals surface area (Å²) in [6.45, 7) is 2.40. The molecule has 1 aliphatic heterocycles. The highest BCUT2D eigenvalue weighted by atomic mass is 32.2. The smallest absolute Gasteiger partial charge is 0.266 e. The average molecular weight is 340 g/mol. The van der Waals surface area contributed by atoms with Gasteiger partial charge < -0.3 is 10.2 Å². The second-order valence-electron chi connectivity index (χ2n) is 5.17. The van der Waals surface area contributed by atoms with Crippen LogP contribution in [0.5, 0.6) is 11.5 Å². The van der Waals surface area contributed by atoms with Crippen molar-refractivity contribution in [2.24, 2.45) is 4.99 Å². The van der Waals surface area contributed by atoms with Crippen LogP contribution >= 0.6 is 11.8 Å². The Morgan fingerprint density at radius 1 is 1.12 bits per heavy atom. The Labute approximate surface area is 144 Å². The Morgan fingerprint density at radius 2 is 1.88 bits per heavy atom. The van der Waals surface area contributed by atoms with Crippen molar-refractivity contribution in [3.63, 3.8) is 0 Å². The summed E-state index contributed by atoms with van der Waals surface area (Å²) in [6.07, 6.45) is 1.78. The molecule has 0 unspecified atom stereocenters. The number of carbonyl (C=O) groups excluding carboxylic acids is 1. The fraction of sp³-hybridized carbons (Fsp3) is 0.111. The molecule has 1 fully saturated rings. The molecule has 5 nitrogen and oxygen atoms in total. The van der Waals surface area contributed by atoms with Crippen molar-refractivity contribution in [3.8, 4) is 11.5 Å². The van der Waals surface area contributed by atoms with Gasteiger partial charge in [0.1, 0.15) is 11.5 Å². The molecule has 0 atom stereocenters. The molecule has 1 heterocycles. The molecule has 1 amide bonds. The van der Waals surface area contributed by atoms with Gasteiger partial charge in [-0.1, -0.05) is 18.2 Å². The predicted octanol–water partition coefficient (Wildman–Crippen LogP) is 3.72. The number of hydrogen-bond donors (Lipinski definition) is 2. The van der Waals surface area contributed by atoms with Crippen molar-refractivity contribution in [1.29, 1.82) is 0 Å². The van der Waals surface area contributed by atoms with E-state index in [1.165, 1.54) is 11.8 Å². The van der Waals surface area contributed by atoms with Gasteiger partial charge in [0.05, 0.1) is 10.6 Å². The molecule has 6 heteroatoms. The van der Waals surface area contributed by atoms with Crippen molar-refractivity contribution < 1.29 is 15.0 Å². The van der Waals surface area contributed by atoms with E-state index in [2.05, 4.69) is 4.99 Å². The Hall–Kier alpha value is -2.73. The zero-order valence-corrected chi connectivity index (χ0v) is 13.8. The first-order valence-electron chi connectivity index (χ1n) is 7.45. The lowest BCUT2D eigenvalue weighted by molar-refractivity contribution is -0.122. The van der Waals surface area contributed by atoms with Crippen molar-refractivity contribution in [2.45, 2.75) is 6.92 Å². The highest BCUT2D eigenvalue weighted by molar-refractivity contribution is 8.18. The van der Waals surface area contributed by atoms with Crippen molar-refractivity contribution in [2.75, 3.05) is 6.54 Å². The minimum Gasteiger partial charge on any atom is -0.508 e. The molecule has 2 N–H and O–H groups in total. The van der Waals surface area contributed by atoms with Crippen LogP contribution in [-0.2, 0) is 4.79 Å². The number of rotatable bonds is 3. The quantitative estimate of drug-likeness (QED) is 0.835. The second kappa shape index (κ2) is 6.80. The second-order valence-corrected chi connectivity index (χ2v) is 6.17. The van der Waals surface area contributed by atoms with Gasteiger partial charge in [0.2, 0.25) is 0 Å². The van der Waals surface area contributed by atoms with Gasteiger partial charge in [-0.15, -0.1) is 0 Å². The number of phenols is 2. The number of aromatic hydroxyl groups is 2. The maximum atomic E-state index is 12.5. The first kappa shape index (κ1) is 16.1. The minimum atomic E-state index is -0.102. The molecule has 3 rings (SSSR count). The van der Waals surface area contributed by atoms with Gasteiger partial charge in [0, 0.05) is 12.6 Å². The highest BCUT2D eigenvalue weighted by Gasteiger charge is 2.32. The zero-order valence-electron chi connectivity index (χ0n) is 13.0. The van der Waals surface area contributed by atoms with Crippen LogP contribution in [0.4, 0.5) is 5.69 Å². The average Bonchev–Trinajstić information content (AvgIpc) is 2.84. The van der Waals surface area contributed by atoms with Crippen LogP contribution < -0.4 is 0 Å². The standard InChI is InChI=1S/C18H16N2O3S/c1-2-20-17(23)16(10-12-6-8-14(21)9-7-12)24-18(20)19-13-4-3-5-15(22)11-13/h3-11,21-22H,2H2,1H3/b16-10-,19-18?. The van der Waals surface area contributed by atoms with E-state index < -0.39 is 0 Å². The van der Waals surface area contributed by atoms with Crippen molar-refractivity contribution >= 4 is 34.6 Å². The van der Waals surface area contributed by atoms with Gasteiger partial charge in [0.15, 0.2) is 5.17 Å². The van der Waals surface area contributed by atoms with Gasteiger partial charge in [-0.05, 0) is 54.6 Å². The van der Waals surface area contributed by atoms with Crippen LogP contribution in [0.15, 0.2) is 58.4 Å². The number of carbonyl (C=O) groups is 1. The van der Waals surface area contributed by atoms with Gasteiger partial charge >= 0.3 is 0 Å². The molecule has 122 valence electrons. The summed E-state index contributed by atoms with van der Waals surface area (Å²) < 4.78 is 0. The number of benzene rings is 2. The Bertz CT molecular complexity index is 828. The number of amidine groups is 1. The number of amides is 1. The summed E-state index contributed by atoms with van der Waals surface area (Å²) in [5.41, 5.74) is 1.42. The molecule has 1 saturated heterocycles. The van der Waals surface area contributed by atoms with E-state index >= 15 is 0 Å². The van der Waals surface area contributed by atoms with Gasteiger partial charge in [-0.2, -0.15) is 0 Å². The summed E-state index contributed by atoms with van der Waals surface area (Å²) in [5.74, 6) is 0.215. The molecule has 2 aromatic carbocycles. The van der Waals surface area contributed by atoms with E-state index in [1.54, 1.807) is 59.5 Å². The molecule has 1 aliphatic rings. The van der Waals surface area contributed by atoms with Crippen molar-refractivity contribution in [1.82, 2.24) is 4.90 Å². The lowest BCUT2D eigenvalue weighted by atomic mass is 10.2. The Balaban J connectivity index is 1.92. The number of likely N-dealkylation sites (N-methyl/N-ethyl adjacent to an activating group) is 1. The van der Waals surface area contributed by atoms with E-state index in [9.17, 15) is 15.0 Å². The molecule has 0 bridgehead atoms. The lowest BCUT2D eigenvalue weighted by Crippen LogP contribution is -2.28. The van der Waals surface area contributed by atoms with Crippen LogP contribution in [0, 0.1) is 0 Å². The molecule has 0 saturated carbocycles. The third-order valence-corrected chi connectivity index (χ3v) is 4.46. The van der Waals surface area contributed by atoms with Gasteiger partial charge in [0.25, 0.3) is 5.91 Å². The normalized spacial score (nSPS) is 17.9. The molecular formula is C18H16N2O3S. The summed E-state index contributed by atoms with van der Waals surface area (Å²) in [5, 5.41) is 19.5. The maximum absolute atomic E-state index is 12.5. The number of hydrogen-bond acceptors (Lipinski definition) is 5. The van der Waals surface area contributed by atoms with Crippen LogP contribution in [0.3, 0.4) is 0 Å². The number of phenolic OH excluding ortho intramolecular Hbond substituents is 2. The summed E-state index contributed by atoms with van der Waals surface area (Å²) >= 11 is 1.29. The monoisotopic (exact) mass is 340 g/mol. The van der Waals surface area contributed by atoms with Crippen LogP contribution in [0.25, 0.3) is 6.08 Å². The third-order valence-electron chi connectivity index (χ3n) is 3.45. The SMILES string of the molecule is CCN1C(=O)/C(=C/c2ccc(O)cc2)SC1=Nc1cccc(O)c1. The van der Waals surface area contributed by atoms with Crippen molar-refractivity contribution in [3.05, 3.63) is 59.0 Å². The van der Waals surface area contributed by atoms with Crippen LogP contribution in [-0.4, -0.2) is 32.7 Å². The number of thioether (sulfide) groups is 1. The first-order valence-corrected chi connectivity index (χ1v) is 8.26. The fourth-order valence-electron chi connectivity index (χ4n) is 2.27. The molecule has 2 aromatic rings. The molecule has 24 heavy (non-hydrogen) atoms. The first-order chi connectivity index (χ1) is 11.6. The molecule has 0 aromatic heterocycles. The van der Waals surface area contributed by atoms with Crippen LogP contribution in [0.2, 0.25) is 0 Å². The highest BCUT2D eigenvalue weighted by Crippen LogP contribution is 2.34. The largest absolute Gasteiger partial charge is 0.508 e. The van der Waals surface area contributed by atoms with Gasteiger partial charge in [-0.3, -0.25) is 9.69 Å². The number of nitrogens with zero attached hydrogens (tertiary/aromatic N) is 2. The topological polar surface area (TPSA) is 73.1 Å². The summed E-state index contributed by atoms with van der Waals surface area (Å²) in [7, 11) is 0. The minimum absolute atomic E-state index is 0.102. The van der Waals surface area contributed by atoms with E-state index in [4.69, 9.17) is 0 Å². The molecule has 0 aliphatic carbocycles. The predicted molar refractivity (Wildman–Crippen MR) is 96.3 cm³/mol. The van der Waals surface area contributed by atoms with Gasteiger partial charge in [-0.25, -0.2) is 4.99 Å². The molecular weight excluding hydrogens is 324 g/mol. The van der Waals surface area contributed by atoms with E-state index in [0.717, 1.165) is 5.56 Å². The summed E-state index contributed by atoms with van der Waals surface area (Å²) in [6, 6.07) is 13.3.